The molecule has 0 radical (unpaired) electrons. The van der Waals surface area contributed by atoms with Crippen LogP contribution in [0.4, 0.5) is 0 Å². The number of nitrogens with zero attached hydrogens (tertiary/aromatic N) is 3. The molecule has 1 atom stereocenters. The highest BCUT2D eigenvalue weighted by Gasteiger charge is 2.42. The minimum atomic E-state index is -1.34. The maximum atomic E-state index is 12.3. The zero-order valence-corrected chi connectivity index (χ0v) is 15.5. The lowest BCUT2D eigenvalue weighted by Gasteiger charge is -2.30. The number of aromatic nitrogens is 3. The molecule has 0 saturated carbocycles. The maximum absolute atomic E-state index is 12.3. The predicted octanol–water partition coefficient (Wildman–Crippen LogP) is 3.71. The monoisotopic (exact) mass is 367 g/mol. The molecule has 0 saturated heterocycles. The van der Waals surface area contributed by atoms with Gasteiger partial charge in [-0.1, -0.05) is 60.7 Å². The van der Waals surface area contributed by atoms with Crippen molar-refractivity contribution in [3.8, 4) is 0 Å². The Labute approximate surface area is 164 Å². The van der Waals surface area contributed by atoms with E-state index < -0.39 is 5.60 Å². The van der Waals surface area contributed by atoms with E-state index in [1.165, 1.54) is 5.56 Å². The second-order valence-corrected chi connectivity index (χ2v) is 7.23. The van der Waals surface area contributed by atoms with Crippen LogP contribution in [0.5, 0.6) is 0 Å². The van der Waals surface area contributed by atoms with Crippen LogP contribution >= 0.6 is 0 Å². The summed E-state index contributed by atoms with van der Waals surface area (Å²) in [4.78, 5) is 9.22. The first kappa shape index (κ1) is 16.9. The first-order chi connectivity index (χ1) is 13.8. The van der Waals surface area contributed by atoms with Gasteiger partial charge in [0.15, 0.2) is 11.4 Å². The van der Waals surface area contributed by atoms with Crippen LogP contribution in [0.25, 0.3) is 0 Å². The van der Waals surface area contributed by atoms with Gasteiger partial charge in [-0.3, -0.25) is 4.98 Å². The second-order valence-electron chi connectivity index (χ2n) is 7.23. The molecule has 1 aliphatic carbocycles. The Hall–Kier alpha value is -3.24. The second kappa shape index (κ2) is 6.73. The molecule has 138 valence electrons. The van der Waals surface area contributed by atoms with E-state index in [0.717, 1.165) is 35.2 Å². The van der Waals surface area contributed by atoms with Crippen molar-refractivity contribution in [2.45, 2.75) is 25.0 Å². The van der Waals surface area contributed by atoms with Crippen molar-refractivity contribution in [2.24, 2.45) is 0 Å². The van der Waals surface area contributed by atoms with E-state index in [-0.39, 0.29) is 0 Å². The molecule has 0 aliphatic heterocycles. The minimum Gasteiger partial charge on any atom is -0.373 e. The molecule has 4 nitrogen and oxygen atoms in total. The molecule has 5 rings (SSSR count). The van der Waals surface area contributed by atoms with Crippen LogP contribution in [0.3, 0.4) is 0 Å². The highest BCUT2D eigenvalue weighted by atomic mass is 16.3. The molecule has 2 aromatic carbocycles. The molecule has 0 bridgehead atoms. The van der Waals surface area contributed by atoms with E-state index in [0.29, 0.717) is 12.4 Å². The molecular weight excluding hydrogens is 346 g/mol. The molecule has 1 N–H and O–H groups in total. The van der Waals surface area contributed by atoms with Crippen LogP contribution in [-0.2, 0) is 25.0 Å². The lowest BCUT2D eigenvalue weighted by Crippen LogP contribution is -2.34. The number of benzene rings is 2. The molecule has 0 fully saturated rings. The Kier molecular flexibility index (Phi) is 4.06. The van der Waals surface area contributed by atoms with Crippen molar-refractivity contribution in [3.63, 3.8) is 0 Å². The number of aryl methyl sites for hydroxylation is 2. The first-order valence-electron chi connectivity index (χ1n) is 9.57. The van der Waals surface area contributed by atoms with Crippen molar-refractivity contribution in [3.05, 3.63) is 119 Å². The lowest BCUT2D eigenvalue weighted by atomic mass is 9.83. The van der Waals surface area contributed by atoms with Crippen LogP contribution in [-0.4, -0.2) is 19.6 Å². The largest absolute Gasteiger partial charge is 0.373 e. The third kappa shape index (κ3) is 2.65. The molecule has 0 spiro atoms. The van der Waals surface area contributed by atoms with Gasteiger partial charge in [0.25, 0.3) is 0 Å². The number of fused-ring (bicyclic) bond motifs is 2. The summed E-state index contributed by atoms with van der Waals surface area (Å²) in [5.74, 6) is 0.625. The van der Waals surface area contributed by atoms with E-state index >= 15 is 0 Å². The van der Waals surface area contributed by atoms with Crippen LogP contribution in [0.1, 0.15) is 33.8 Å². The number of hydrogen-bond acceptors (Lipinski definition) is 3. The summed E-state index contributed by atoms with van der Waals surface area (Å²) in [6.07, 6.45) is 7.14. The smallest absolute Gasteiger partial charge is 0.175 e. The van der Waals surface area contributed by atoms with E-state index in [1.54, 1.807) is 12.4 Å². The predicted molar refractivity (Wildman–Crippen MR) is 108 cm³/mol. The number of aliphatic hydroxyl groups is 1. The van der Waals surface area contributed by atoms with Crippen molar-refractivity contribution in [1.82, 2.24) is 14.5 Å². The fourth-order valence-corrected chi connectivity index (χ4v) is 4.24. The maximum Gasteiger partial charge on any atom is 0.175 e. The summed E-state index contributed by atoms with van der Waals surface area (Å²) < 4.78 is 2.04. The Bertz CT molecular complexity index is 1070. The standard InChI is InChI=1S/C24H21N3O/c28-24(23-26-15-16-27(23)17-18-7-2-1-3-8-18)20-10-5-4-9-19(20)12-13-22-21(24)11-6-14-25-22/h1-11,14-16,28H,12-13,17H2. The van der Waals surface area contributed by atoms with E-state index in [4.69, 9.17) is 0 Å². The van der Waals surface area contributed by atoms with Crippen molar-refractivity contribution >= 4 is 0 Å². The van der Waals surface area contributed by atoms with Crippen LogP contribution in [0.2, 0.25) is 0 Å². The Morgan fingerprint density at radius 2 is 1.61 bits per heavy atom. The van der Waals surface area contributed by atoms with Gasteiger partial charge in [-0.05, 0) is 35.6 Å². The Balaban J connectivity index is 1.73. The summed E-state index contributed by atoms with van der Waals surface area (Å²) in [7, 11) is 0. The number of pyridine rings is 1. The van der Waals surface area contributed by atoms with E-state index in [9.17, 15) is 5.11 Å². The van der Waals surface area contributed by atoms with Gasteiger partial charge in [-0.2, -0.15) is 0 Å². The van der Waals surface area contributed by atoms with Crippen molar-refractivity contribution < 1.29 is 5.11 Å². The van der Waals surface area contributed by atoms with Crippen LogP contribution < -0.4 is 0 Å². The van der Waals surface area contributed by atoms with Gasteiger partial charge in [0, 0.05) is 36.4 Å². The first-order valence-corrected chi connectivity index (χ1v) is 9.57. The van der Waals surface area contributed by atoms with Gasteiger partial charge in [-0.25, -0.2) is 4.98 Å². The molecule has 0 amide bonds. The summed E-state index contributed by atoms with van der Waals surface area (Å²) in [6, 6.07) is 22.2. The number of imidazole rings is 1. The van der Waals surface area contributed by atoms with Gasteiger partial charge >= 0.3 is 0 Å². The zero-order valence-electron chi connectivity index (χ0n) is 15.5. The quantitative estimate of drug-likeness (QED) is 0.601. The molecular formula is C24H21N3O. The van der Waals surface area contributed by atoms with Gasteiger partial charge in [0.2, 0.25) is 0 Å². The molecule has 1 unspecified atom stereocenters. The molecule has 4 heteroatoms. The van der Waals surface area contributed by atoms with E-state index in [1.807, 2.05) is 59.3 Å². The van der Waals surface area contributed by atoms with Gasteiger partial charge < -0.3 is 9.67 Å². The third-order valence-corrected chi connectivity index (χ3v) is 5.55. The fourth-order valence-electron chi connectivity index (χ4n) is 4.24. The summed E-state index contributed by atoms with van der Waals surface area (Å²) >= 11 is 0. The summed E-state index contributed by atoms with van der Waals surface area (Å²) in [5, 5.41) is 12.3. The van der Waals surface area contributed by atoms with Crippen molar-refractivity contribution in [2.75, 3.05) is 0 Å². The fraction of sp³-hybridized carbons (Fsp3) is 0.167. The van der Waals surface area contributed by atoms with Gasteiger partial charge in [-0.15, -0.1) is 0 Å². The molecule has 1 aliphatic rings. The van der Waals surface area contributed by atoms with Crippen LogP contribution in [0.15, 0.2) is 85.3 Å². The molecule has 2 heterocycles. The van der Waals surface area contributed by atoms with E-state index in [2.05, 4.69) is 28.2 Å². The molecule has 4 aromatic rings. The molecule has 28 heavy (non-hydrogen) atoms. The molecule has 2 aromatic heterocycles. The van der Waals surface area contributed by atoms with Gasteiger partial charge in [0.05, 0.1) is 0 Å². The average Bonchev–Trinajstić information content (AvgIpc) is 3.17. The summed E-state index contributed by atoms with van der Waals surface area (Å²) in [6.45, 7) is 0.649. The van der Waals surface area contributed by atoms with Gasteiger partial charge in [0.1, 0.15) is 0 Å². The Morgan fingerprint density at radius 1 is 0.821 bits per heavy atom. The van der Waals surface area contributed by atoms with Crippen molar-refractivity contribution in [1.29, 1.82) is 0 Å². The Morgan fingerprint density at radius 3 is 2.50 bits per heavy atom. The zero-order chi connectivity index (χ0) is 19.0. The highest BCUT2D eigenvalue weighted by molar-refractivity contribution is 5.50. The number of hydrogen-bond donors (Lipinski definition) is 1. The lowest BCUT2D eigenvalue weighted by molar-refractivity contribution is 0.110. The minimum absolute atomic E-state index is 0.625. The topological polar surface area (TPSA) is 50.9 Å². The average molecular weight is 367 g/mol. The summed E-state index contributed by atoms with van der Waals surface area (Å²) in [5.41, 5.74) is 3.60. The normalized spacial score (nSPS) is 18.2. The number of rotatable bonds is 3. The highest BCUT2D eigenvalue weighted by Crippen LogP contribution is 2.41. The SMILES string of the molecule is OC1(c2nccn2Cc2ccccc2)c2ccccc2CCc2ncccc21. The van der Waals surface area contributed by atoms with Crippen LogP contribution in [0, 0.1) is 0 Å². The third-order valence-electron chi connectivity index (χ3n) is 5.55.